The van der Waals surface area contributed by atoms with Gasteiger partial charge in [-0.25, -0.2) is 0 Å². The first-order chi connectivity index (χ1) is 8.87. The Labute approximate surface area is 112 Å². The molecular weight excluding hydrogens is 240 g/mol. The zero-order valence-electron chi connectivity index (χ0n) is 11.6. The first kappa shape index (κ1) is 13.4. The number of H-pyrrole nitrogens is 1. The van der Waals surface area contributed by atoms with Crippen LogP contribution in [0.2, 0.25) is 0 Å². The van der Waals surface area contributed by atoms with E-state index in [1.165, 1.54) is 0 Å². The maximum absolute atomic E-state index is 12.1. The summed E-state index contributed by atoms with van der Waals surface area (Å²) in [5.74, 6) is -0.166. The highest BCUT2D eigenvalue weighted by atomic mass is 16.1. The van der Waals surface area contributed by atoms with Crippen molar-refractivity contribution in [2.24, 2.45) is 5.41 Å². The van der Waals surface area contributed by atoms with Crippen LogP contribution in [0.1, 0.15) is 37.7 Å². The first-order valence-electron chi connectivity index (χ1n) is 6.39. The molecule has 0 atom stereocenters. The van der Waals surface area contributed by atoms with E-state index >= 15 is 0 Å². The molecule has 1 aromatic carbocycles. The van der Waals surface area contributed by atoms with Gasteiger partial charge in [0, 0.05) is 17.6 Å². The van der Waals surface area contributed by atoms with Gasteiger partial charge >= 0.3 is 0 Å². The van der Waals surface area contributed by atoms with E-state index in [0.29, 0.717) is 17.9 Å². The predicted molar refractivity (Wildman–Crippen MR) is 76.9 cm³/mol. The number of amides is 1. The number of benzene rings is 1. The Bertz CT molecular complexity index is 595. The molecule has 0 spiro atoms. The molecule has 5 heteroatoms. The van der Waals surface area contributed by atoms with Gasteiger partial charge in [-0.05, 0) is 30.0 Å². The van der Waals surface area contributed by atoms with Crippen molar-refractivity contribution in [1.82, 2.24) is 15.5 Å². The van der Waals surface area contributed by atoms with Gasteiger partial charge in [0.25, 0.3) is 5.91 Å². The van der Waals surface area contributed by atoms with Gasteiger partial charge in [0.1, 0.15) is 0 Å². The van der Waals surface area contributed by atoms with Crippen molar-refractivity contribution < 1.29 is 4.79 Å². The van der Waals surface area contributed by atoms with Gasteiger partial charge < -0.3 is 11.1 Å². The molecule has 0 aliphatic rings. The zero-order chi connectivity index (χ0) is 14.0. The number of nitrogens with zero attached hydrogens (tertiary/aromatic N) is 1. The van der Waals surface area contributed by atoms with Crippen molar-refractivity contribution in [2.75, 3.05) is 12.3 Å². The Morgan fingerprint density at radius 2 is 2.16 bits per heavy atom. The fourth-order valence-corrected chi connectivity index (χ4v) is 1.84. The highest BCUT2D eigenvalue weighted by Gasteiger charge is 2.15. The Morgan fingerprint density at radius 3 is 2.84 bits per heavy atom. The molecule has 0 unspecified atom stereocenters. The van der Waals surface area contributed by atoms with Gasteiger partial charge in [-0.1, -0.05) is 20.8 Å². The number of anilines is 1. The third-order valence-electron chi connectivity index (χ3n) is 2.96. The topological polar surface area (TPSA) is 83.8 Å². The predicted octanol–water partition coefficient (Wildman–Crippen LogP) is 2.31. The van der Waals surface area contributed by atoms with Gasteiger partial charge in [-0.2, -0.15) is 5.10 Å². The van der Waals surface area contributed by atoms with Crippen LogP contribution in [-0.4, -0.2) is 22.6 Å². The van der Waals surface area contributed by atoms with Crippen molar-refractivity contribution in [3.8, 4) is 0 Å². The van der Waals surface area contributed by atoms with Crippen LogP contribution in [0.15, 0.2) is 18.2 Å². The largest absolute Gasteiger partial charge is 0.399 e. The van der Waals surface area contributed by atoms with E-state index in [2.05, 4.69) is 36.3 Å². The number of nitrogen functional groups attached to an aromatic ring is 1. The van der Waals surface area contributed by atoms with Crippen molar-refractivity contribution in [3.05, 3.63) is 23.9 Å². The SMILES string of the molecule is CC(C)(C)CCNC(=O)c1n[nH]c2ccc(N)cc12. The van der Waals surface area contributed by atoms with Crippen LogP contribution in [0.3, 0.4) is 0 Å². The highest BCUT2D eigenvalue weighted by molar-refractivity contribution is 6.05. The normalized spacial score (nSPS) is 11.7. The minimum Gasteiger partial charge on any atom is -0.399 e. The maximum Gasteiger partial charge on any atom is 0.272 e. The van der Waals surface area contributed by atoms with Crippen LogP contribution in [0.25, 0.3) is 10.9 Å². The Balaban J connectivity index is 2.11. The third kappa shape index (κ3) is 3.24. The lowest BCUT2D eigenvalue weighted by atomic mass is 9.92. The molecule has 0 saturated carbocycles. The second-order valence-corrected chi connectivity index (χ2v) is 5.94. The second kappa shape index (κ2) is 4.91. The minimum absolute atomic E-state index is 0.166. The van der Waals surface area contributed by atoms with Crippen molar-refractivity contribution >= 4 is 22.5 Å². The molecule has 19 heavy (non-hydrogen) atoms. The van der Waals surface area contributed by atoms with Crippen LogP contribution in [0.4, 0.5) is 5.69 Å². The number of aromatic amines is 1. The lowest BCUT2D eigenvalue weighted by Gasteiger charge is -2.17. The van der Waals surface area contributed by atoms with E-state index in [1.54, 1.807) is 12.1 Å². The molecule has 1 amide bonds. The standard InChI is InChI=1S/C14H20N4O/c1-14(2,3)6-7-16-13(19)12-10-8-9(15)4-5-11(10)17-18-12/h4-5,8H,6-7,15H2,1-3H3,(H,16,19)(H,17,18). The third-order valence-corrected chi connectivity index (χ3v) is 2.96. The molecule has 0 bridgehead atoms. The molecule has 5 nitrogen and oxygen atoms in total. The van der Waals surface area contributed by atoms with Gasteiger partial charge in [0.05, 0.1) is 5.52 Å². The summed E-state index contributed by atoms with van der Waals surface area (Å²) in [5, 5.41) is 10.5. The molecule has 2 rings (SSSR count). The summed E-state index contributed by atoms with van der Waals surface area (Å²) < 4.78 is 0. The zero-order valence-corrected chi connectivity index (χ0v) is 11.6. The Hall–Kier alpha value is -2.04. The summed E-state index contributed by atoms with van der Waals surface area (Å²) >= 11 is 0. The Kier molecular flexibility index (Phi) is 3.46. The lowest BCUT2D eigenvalue weighted by molar-refractivity contribution is 0.0946. The van der Waals surface area contributed by atoms with Crippen molar-refractivity contribution in [2.45, 2.75) is 27.2 Å². The number of fused-ring (bicyclic) bond motifs is 1. The van der Waals surface area contributed by atoms with Crippen molar-refractivity contribution in [1.29, 1.82) is 0 Å². The van der Waals surface area contributed by atoms with Crippen LogP contribution < -0.4 is 11.1 Å². The quantitative estimate of drug-likeness (QED) is 0.740. The molecule has 1 aromatic heterocycles. The molecule has 0 aliphatic heterocycles. The summed E-state index contributed by atoms with van der Waals surface area (Å²) in [6, 6.07) is 5.36. The van der Waals surface area contributed by atoms with Crippen LogP contribution >= 0.6 is 0 Å². The number of nitrogens with two attached hydrogens (primary N) is 1. The average molecular weight is 260 g/mol. The number of carbonyl (C=O) groups excluding carboxylic acids is 1. The molecule has 1 heterocycles. The smallest absolute Gasteiger partial charge is 0.272 e. The molecule has 2 aromatic rings. The molecule has 0 aliphatic carbocycles. The number of hydrogen-bond donors (Lipinski definition) is 3. The average Bonchev–Trinajstić information content (AvgIpc) is 2.69. The van der Waals surface area contributed by atoms with E-state index in [0.717, 1.165) is 17.3 Å². The van der Waals surface area contributed by atoms with Gasteiger partial charge in [-0.15, -0.1) is 0 Å². The second-order valence-electron chi connectivity index (χ2n) is 5.94. The molecular formula is C14H20N4O. The van der Waals surface area contributed by atoms with Crippen molar-refractivity contribution in [3.63, 3.8) is 0 Å². The number of aromatic nitrogens is 2. The van der Waals surface area contributed by atoms with Crippen LogP contribution in [-0.2, 0) is 0 Å². The summed E-state index contributed by atoms with van der Waals surface area (Å²) in [4.78, 5) is 12.1. The fraction of sp³-hybridized carbons (Fsp3) is 0.429. The fourth-order valence-electron chi connectivity index (χ4n) is 1.84. The van der Waals surface area contributed by atoms with E-state index in [9.17, 15) is 4.79 Å². The molecule has 102 valence electrons. The molecule has 0 saturated heterocycles. The van der Waals surface area contributed by atoms with Gasteiger partial charge in [-0.3, -0.25) is 9.89 Å². The maximum atomic E-state index is 12.1. The van der Waals surface area contributed by atoms with E-state index in [4.69, 9.17) is 5.73 Å². The van der Waals surface area contributed by atoms with Crippen LogP contribution in [0, 0.1) is 5.41 Å². The summed E-state index contributed by atoms with van der Waals surface area (Å²) in [6.07, 6.45) is 0.920. The number of carbonyl (C=O) groups is 1. The van der Waals surface area contributed by atoms with E-state index in [1.807, 2.05) is 6.07 Å². The highest BCUT2D eigenvalue weighted by Crippen LogP contribution is 2.19. The van der Waals surface area contributed by atoms with Gasteiger partial charge in [0.2, 0.25) is 0 Å². The number of nitrogens with one attached hydrogen (secondary N) is 2. The lowest BCUT2D eigenvalue weighted by Crippen LogP contribution is -2.27. The minimum atomic E-state index is -0.166. The van der Waals surface area contributed by atoms with E-state index < -0.39 is 0 Å². The summed E-state index contributed by atoms with van der Waals surface area (Å²) in [6.45, 7) is 7.07. The van der Waals surface area contributed by atoms with Gasteiger partial charge in [0.15, 0.2) is 5.69 Å². The molecule has 0 radical (unpaired) electrons. The molecule has 4 N–H and O–H groups in total. The number of rotatable bonds is 3. The van der Waals surface area contributed by atoms with Crippen LogP contribution in [0.5, 0.6) is 0 Å². The summed E-state index contributed by atoms with van der Waals surface area (Å²) in [7, 11) is 0. The Morgan fingerprint density at radius 1 is 1.42 bits per heavy atom. The summed E-state index contributed by atoms with van der Waals surface area (Å²) in [5.41, 5.74) is 7.77. The monoisotopic (exact) mass is 260 g/mol. The van der Waals surface area contributed by atoms with E-state index in [-0.39, 0.29) is 11.3 Å². The number of hydrogen-bond acceptors (Lipinski definition) is 3. The molecule has 0 fully saturated rings. The first-order valence-corrected chi connectivity index (χ1v) is 6.39.